The van der Waals surface area contributed by atoms with Crippen molar-refractivity contribution in [2.75, 3.05) is 6.61 Å². The molecule has 0 aromatic rings. The molecule has 0 aromatic heterocycles. The van der Waals surface area contributed by atoms with Gasteiger partial charge in [-0.15, -0.1) is 0 Å². The van der Waals surface area contributed by atoms with Crippen LogP contribution >= 0.6 is 0 Å². The molecule has 1 aliphatic carbocycles. The van der Waals surface area contributed by atoms with Gasteiger partial charge in [-0.1, -0.05) is 56.9 Å². The molecule has 0 aromatic carbocycles. The van der Waals surface area contributed by atoms with Gasteiger partial charge in [-0.25, -0.2) is 0 Å². The third kappa shape index (κ3) is 7.00. The largest absolute Gasteiger partial charge is 0.374 e. The van der Waals surface area contributed by atoms with Crippen LogP contribution in [0.1, 0.15) is 65.2 Å². The molecule has 1 nitrogen and oxygen atoms in total. The van der Waals surface area contributed by atoms with E-state index in [1.54, 1.807) is 0 Å². The first-order valence-electron chi connectivity index (χ1n) is 7.76. The molecule has 104 valence electrons. The summed E-state index contributed by atoms with van der Waals surface area (Å²) in [4.78, 5) is 0. The monoisotopic (exact) mass is 250 g/mol. The number of unbranched alkanes of at least 4 members (excludes halogenated alkanes) is 2. The molecule has 0 heterocycles. The van der Waals surface area contributed by atoms with Crippen molar-refractivity contribution in [2.45, 2.75) is 71.3 Å². The van der Waals surface area contributed by atoms with E-state index in [0.717, 1.165) is 12.5 Å². The van der Waals surface area contributed by atoms with Gasteiger partial charge in [-0.05, 0) is 38.5 Å². The zero-order valence-corrected chi connectivity index (χ0v) is 12.2. The maximum Gasteiger partial charge on any atom is 0.0654 e. The van der Waals surface area contributed by atoms with Gasteiger partial charge in [0.1, 0.15) is 0 Å². The van der Waals surface area contributed by atoms with Gasteiger partial charge in [-0.2, -0.15) is 0 Å². The second-order valence-electron chi connectivity index (χ2n) is 5.43. The number of allylic oxidation sites excluding steroid dienone is 3. The fourth-order valence-corrected chi connectivity index (χ4v) is 2.71. The van der Waals surface area contributed by atoms with E-state index in [1.807, 2.05) is 19.1 Å². The van der Waals surface area contributed by atoms with Crippen LogP contribution in [0.5, 0.6) is 0 Å². The SMILES string of the molecule is CC=CC=CCO[C@H]1CC[C@H](CCCCC)CC1. The van der Waals surface area contributed by atoms with E-state index in [0.29, 0.717) is 6.10 Å². The molecule has 1 aliphatic rings. The Bertz CT molecular complexity index is 234. The minimum Gasteiger partial charge on any atom is -0.374 e. The molecule has 1 saturated carbocycles. The summed E-state index contributed by atoms with van der Waals surface area (Å²) in [5.41, 5.74) is 0. The molecule has 0 aliphatic heterocycles. The molecule has 1 fully saturated rings. The van der Waals surface area contributed by atoms with E-state index in [-0.39, 0.29) is 0 Å². The lowest BCUT2D eigenvalue weighted by Crippen LogP contribution is -2.21. The summed E-state index contributed by atoms with van der Waals surface area (Å²) in [5.74, 6) is 0.981. The van der Waals surface area contributed by atoms with E-state index in [1.165, 1.54) is 51.4 Å². The molecule has 0 N–H and O–H groups in total. The van der Waals surface area contributed by atoms with Gasteiger partial charge in [-0.3, -0.25) is 0 Å². The summed E-state index contributed by atoms with van der Waals surface area (Å²) in [5, 5.41) is 0. The van der Waals surface area contributed by atoms with Gasteiger partial charge < -0.3 is 4.74 Å². The molecule has 0 unspecified atom stereocenters. The Balaban J connectivity index is 2.04. The maximum atomic E-state index is 5.88. The fraction of sp³-hybridized carbons (Fsp3) is 0.765. The lowest BCUT2D eigenvalue weighted by Gasteiger charge is -2.28. The van der Waals surface area contributed by atoms with E-state index >= 15 is 0 Å². The van der Waals surface area contributed by atoms with Gasteiger partial charge in [0, 0.05) is 0 Å². The molecule has 0 saturated heterocycles. The van der Waals surface area contributed by atoms with Gasteiger partial charge in [0.2, 0.25) is 0 Å². The Labute approximate surface area is 113 Å². The minimum atomic E-state index is 0.516. The smallest absolute Gasteiger partial charge is 0.0654 e. The summed E-state index contributed by atoms with van der Waals surface area (Å²) in [7, 11) is 0. The van der Waals surface area contributed by atoms with Crippen LogP contribution in [0.4, 0.5) is 0 Å². The van der Waals surface area contributed by atoms with Crippen molar-refractivity contribution in [1.82, 2.24) is 0 Å². The summed E-state index contributed by atoms with van der Waals surface area (Å²) in [6.07, 6.45) is 19.7. The highest BCUT2D eigenvalue weighted by Gasteiger charge is 2.20. The van der Waals surface area contributed by atoms with Crippen LogP contribution < -0.4 is 0 Å². The Morgan fingerprint density at radius 3 is 2.50 bits per heavy atom. The van der Waals surface area contributed by atoms with Crippen molar-refractivity contribution in [3.63, 3.8) is 0 Å². The Kier molecular flexibility index (Phi) is 8.93. The second kappa shape index (κ2) is 10.4. The highest BCUT2D eigenvalue weighted by Crippen LogP contribution is 2.29. The Morgan fingerprint density at radius 2 is 1.83 bits per heavy atom. The maximum absolute atomic E-state index is 5.88. The van der Waals surface area contributed by atoms with Gasteiger partial charge in [0.25, 0.3) is 0 Å². The molecule has 1 heteroatoms. The third-order valence-corrected chi connectivity index (χ3v) is 3.88. The normalized spacial score (nSPS) is 25.2. The second-order valence-corrected chi connectivity index (χ2v) is 5.43. The Morgan fingerprint density at radius 1 is 1.06 bits per heavy atom. The summed E-state index contributed by atoms with van der Waals surface area (Å²) < 4.78 is 5.88. The van der Waals surface area contributed by atoms with Crippen LogP contribution in [0.3, 0.4) is 0 Å². The van der Waals surface area contributed by atoms with Gasteiger partial charge in [0.15, 0.2) is 0 Å². The molecular formula is C17H30O. The van der Waals surface area contributed by atoms with Crippen molar-refractivity contribution in [3.8, 4) is 0 Å². The molecule has 0 amide bonds. The standard InChI is InChI=1S/C17H30O/c1-3-5-7-9-15-18-17-13-11-16(12-14-17)10-8-6-4-2/h3,5,7,9,16-17H,4,6,8,10-15H2,1-2H3/t16-,17-. The zero-order chi connectivity index (χ0) is 13.1. The van der Waals surface area contributed by atoms with Crippen LogP contribution in [0, 0.1) is 5.92 Å². The molecule has 0 bridgehead atoms. The highest BCUT2D eigenvalue weighted by molar-refractivity contribution is 5.01. The summed E-state index contributed by atoms with van der Waals surface area (Å²) >= 11 is 0. The Hall–Kier alpha value is -0.560. The first kappa shape index (κ1) is 15.5. The number of ether oxygens (including phenoxy) is 1. The number of hydrogen-bond donors (Lipinski definition) is 0. The number of hydrogen-bond acceptors (Lipinski definition) is 1. The molecular weight excluding hydrogens is 220 g/mol. The van der Waals surface area contributed by atoms with Crippen LogP contribution in [-0.4, -0.2) is 12.7 Å². The van der Waals surface area contributed by atoms with Crippen LogP contribution in [0.2, 0.25) is 0 Å². The van der Waals surface area contributed by atoms with E-state index < -0.39 is 0 Å². The molecule has 0 atom stereocenters. The predicted octanol–water partition coefficient (Wildman–Crippen LogP) is 5.27. The van der Waals surface area contributed by atoms with Gasteiger partial charge in [0.05, 0.1) is 12.7 Å². The third-order valence-electron chi connectivity index (χ3n) is 3.88. The lowest BCUT2D eigenvalue weighted by molar-refractivity contribution is 0.0333. The van der Waals surface area contributed by atoms with Crippen molar-refractivity contribution in [1.29, 1.82) is 0 Å². The zero-order valence-electron chi connectivity index (χ0n) is 12.2. The van der Waals surface area contributed by atoms with E-state index in [9.17, 15) is 0 Å². The van der Waals surface area contributed by atoms with Crippen molar-refractivity contribution in [2.24, 2.45) is 5.92 Å². The first-order valence-corrected chi connectivity index (χ1v) is 7.76. The molecule has 0 spiro atoms. The van der Waals surface area contributed by atoms with Crippen LogP contribution in [0.15, 0.2) is 24.3 Å². The summed E-state index contributed by atoms with van der Waals surface area (Å²) in [6, 6.07) is 0. The molecule has 18 heavy (non-hydrogen) atoms. The van der Waals surface area contributed by atoms with Crippen LogP contribution in [0.25, 0.3) is 0 Å². The molecule has 0 radical (unpaired) electrons. The van der Waals surface area contributed by atoms with Crippen molar-refractivity contribution >= 4 is 0 Å². The predicted molar refractivity (Wildman–Crippen MR) is 79.8 cm³/mol. The summed E-state index contributed by atoms with van der Waals surface area (Å²) in [6.45, 7) is 5.09. The molecule has 1 rings (SSSR count). The topological polar surface area (TPSA) is 9.23 Å². The lowest BCUT2D eigenvalue weighted by atomic mass is 9.84. The average molecular weight is 250 g/mol. The van der Waals surface area contributed by atoms with E-state index in [2.05, 4.69) is 19.1 Å². The van der Waals surface area contributed by atoms with E-state index in [4.69, 9.17) is 4.74 Å². The number of rotatable bonds is 8. The fourth-order valence-electron chi connectivity index (χ4n) is 2.71. The first-order chi connectivity index (χ1) is 8.86. The van der Waals surface area contributed by atoms with Crippen LogP contribution in [-0.2, 0) is 4.74 Å². The average Bonchev–Trinajstić information content (AvgIpc) is 2.40. The van der Waals surface area contributed by atoms with Crippen molar-refractivity contribution < 1.29 is 4.74 Å². The van der Waals surface area contributed by atoms with Crippen molar-refractivity contribution in [3.05, 3.63) is 24.3 Å². The minimum absolute atomic E-state index is 0.516. The van der Waals surface area contributed by atoms with Gasteiger partial charge >= 0.3 is 0 Å². The quantitative estimate of drug-likeness (QED) is 0.421. The highest BCUT2D eigenvalue weighted by atomic mass is 16.5.